The van der Waals surface area contributed by atoms with Gasteiger partial charge in [-0.15, -0.1) is 0 Å². The quantitative estimate of drug-likeness (QED) is 0.792. The topological polar surface area (TPSA) is 38.8 Å². The zero-order valence-electron chi connectivity index (χ0n) is 16.1. The molecule has 0 saturated carbocycles. The van der Waals surface area contributed by atoms with E-state index in [1.54, 1.807) is 20.3 Å². The lowest BCUT2D eigenvalue weighted by molar-refractivity contribution is 0.0521. The molecule has 0 aromatic heterocycles. The third kappa shape index (κ3) is 3.53. The number of piperidine rings is 1. The van der Waals surface area contributed by atoms with Gasteiger partial charge in [0, 0.05) is 18.2 Å². The van der Waals surface area contributed by atoms with Crippen molar-refractivity contribution in [3.63, 3.8) is 0 Å². The minimum absolute atomic E-state index is 0.0974. The molecule has 4 heteroatoms. The number of carbonyl (C=O) groups is 1. The largest absolute Gasteiger partial charge is 0.497 e. The molecule has 2 aliphatic rings. The van der Waals surface area contributed by atoms with Crippen LogP contribution in [0.1, 0.15) is 41.6 Å². The summed E-state index contributed by atoms with van der Waals surface area (Å²) in [5.74, 6) is 2.05. The van der Waals surface area contributed by atoms with Gasteiger partial charge in [-0.05, 0) is 55.7 Å². The predicted octanol–water partition coefficient (Wildman–Crippen LogP) is 4.33. The van der Waals surface area contributed by atoms with Crippen molar-refractivity contribution in [3.8, 4) is 11.5 Å². The molecule has 0 aliphatic carbocycles. The fraction of sp³-hybridized carbons (Fsp3) is 0.435. The van der Waals surface area contributed by atoms with E-state index < -0.39 is 0 Å². The van der Waals surface area contributed by atoms with Gasteiger partial charge in [0.2, 0.25) is 0 Å². The van der Waals surface area contributed by atoms with Crippen molar-refractivity contribution in [2.75, 3.05) is 14.2 Å². The molecular weight excluding hydrogens is 338 g/mol. The van der Waals surface area contributed by atoms with Crippen molar-refractivity contribution in [2.45, 2.75) is 44.2 Å². The average Bonchev–Trinajstić information content (AvgIpc) is 2.98. The summed E-state index contributed by atoms with van der Waals surface area (Å²) < 4.78 is 10.7. The Morgan fingerprint density at radius 2 is 1.70 bits per heavy atom. The number of nitrogens with zero attached hydrogens (tertiary/aromatic N) is 1. The Kier molecular flexibility index (Phi) is 5.06. The number of hydrogen-bond acceptors (Lipinski definition) is 3. The van der Waals surface area contributed by atoms with E-state index in [9.17, 15) is 4.79 Å². The Morgan fingerprint density at radius 1 is 1.00 bits per heavy atom. The highest BCUT2D eigenvalue weighted by atomic mass is 16.5. The van der Waals surface area contributed by atoms with Crippen LogP contribution in [-0.2, 0) is 6.42 Å². The van der Waals surface area contributed by atoms with Crippen molar-refractivity contribution < 1.29 is 14.3 Å². The van der Waals surface area contributed by atoms with Gasteiger partial charge in [-0.3, -0.25) is 4.79 Å². The second-order valence-electron chi connectivity index (χ2n) is 7.69. The molecule has 2 unspecified atom stereocenters. The zero-order valence-corrected chi connectivity index (χ0v) is 16.1. The average molecular weight is 365 g/mol. The third-order valence-corrected chi connectivity index (χ3v) is 6.07. The first-order valence-corrected chi connectivity index (χ1v) is 9.78. The monoisotopic (exact) mass is 365 g/mol. The Hall–Kier alpha value is -2.49. The van der Waals surface area contributed by atoms with E-state index in [1.807, 2.05) is 12.1 Å². The van der Waals surface area contributed by atoms with E-state index in [2.05, 4.69) is 35.2 Å². The van der Waals surface area contributed by atoms with Gasteiger partial charge in [0.1, 0.15) is 11.5 Å². The van der Waals surface area contributed by atoms with Crippen LogP contribution in [0.4, 0.5) is 0 Å². The van der Waals surface area contributed by atoms with Crippen molar-refractivity contribution in [3.05, 3.63) is 59.7 Å². The van der Waals surface area contributed by atoms with Crippen molar-refractivity contribution in [2.24, 2.45) is 5.92 Å². The minimum atomic E-state index is 0.0974. The molecule has 1 amide bonds. The van der Waals surface area contributed by atoms with Gasteiger partial charge in [-0.25, -0.2) is 0 Å². The summed E-state index contributed by atoms with van der Waals surface area (Å²) >= 11 is 0. The lowest BCUT2D eigenvalue weighted by Gasteiger charge is -2.39. The van der Waals surface area contributed by atoms with Gasteiger partial charge in [-0.1, -0.05) is 30.3 Å². The van der Waals surface area contributed by atoms with Crippen LogP contribution in [0.3, 0.4) is 0 Å². The zero-order chi connectivity index (χ0) is 18.8. The first kappa shape index (κ1) is 17.9. The fourth-order valence-electron chi connectivity index (χ4n) is 4.85. The summed E-state index contributed by atoms with van der Waals surface area (Å²) in [5, 5.41) is 0. The Bertz CT molecular complexity index is 791. The van der Waals surface area contributed by atoms with Crippen LogP contribution in [0.5, 0.6) is 11.5 Å². The van der Waals surface area contributed by atoms with Crippen LogP contribution in [0.2, 0.25) is 0 Å². The highest BCUT2D eigenvalue weighted by molar-refractivity contribution is 5.97. The molecule has 2 bridgehead atoms. The number of methoxy groups -OCH3 is 2. The Balaban J connectivity index is 1.50. The summed E-state index contributed by atoms with van der Waals surface area (Å²) in [7, 11) is 3.22. The molecule has 2 aromatic rings. The number of carbonyl (C=O) groups excluding carboxylic acids is 1. The maximum atomic E-state index is 13.3. The third-order valence-electron chi connectivity index (χ3n) is 6.07. The van der Waals surface area contributed by atoms with E-state index in [0.717, 1.165) is 32.1 Å². The van der Waals surface area contributed by atoms with Crippen LogP contribution in [0, 0.1) is 5.92 Å². The van der Waals surface area contributed by atoms with Crippen LogP contribution in [-0.4, -0.2) is 37.1 Å². The fourth-order valence-corrected chi connectivity index (χ4v) is 4.85. The van der Waals surface area contributed by atoms with Crippen molar-refractivity contribution in [1.29, 1.82) is 0 Å². The molecule has 4 rings (SSSR count). The molecule has 2 fully saturated rings. The molecule has 2 aromatic carbocycles. The number of amides is 1. The van der Waals surface area contributed by atoms with Gasteiger partial charge in [0.05, 0.1) is 19.8 Å². The molecule has 142 valence electrons. The van der Waals surface area contributed by atoms with Gasteiger partial charge in [0.15, 0.2) is 0 Å². The minimum Gasteiger partial charge on any atom is -0.497 e. The smallest absolute Gasteiger partial charge is 0.258 e. The number of benzene rings is 2. The molecular formula is C23H27NO3. The van der Waals surface area contributed by atoms with Crippen molar-refractivity contribution in [1.82, 2.24) is 4.90 Å². The second kappa shape index (κ2) is 7.63. The number of hydrogen-bond donors (Lipinski definition) is 0. The van der Waals surface area contributed by atoms with Crippen LogP contribution in [0.25, 0.3) is 0 Å². The maximum absolute atomic E-state index is 13.3. The number of rotatable bonds is 5. The molecule has 0 radical (unpaired) electrons. The van der Waals surface area contributed by atoms with E-state index in [1.165, 1.54) is 5.56 Å². The van der Waals surface area contributed by atoms with Gasteiger partial charge < -0.3 is 14.4 Å². The molecule has 0 N–H and O–H groups in total. The summed E-state index contributed by atoms with van der Waals surface area (Å²) in [6, 6.07) is 16.8. The Labute approximate surface area is 161 Å². The SMILES string of the molecule is COc1ccc(C(=O)N2C3CCC2CC(Cc2ccccc2)C3)c(OC)c1. The van der Waals surface area contributed by atoms with Crippen molar-refractivity contribution >= 4 is 5.91 Å². The summed E-state index contributed by atoms with van der Waals surface area (Å²) in [6.45, 7) is 0. The van der Waals surface area contributed by atoms with E-state index in [-0.39, 0.29) is 5.91 Å². The molecule has 27 heavy (non-hydrogen) atoms. The second-order valence-corrected chi connectivity index (χ2v) is 7.69. The highest BCUT2D eigenvalue weighted by Crippen LogP contribution is 2.41. The first-order valence-electron chi connectivity index (χ1n) is 9.78. The molecule has 2 saturated heterocycles. The Morgan fingerprint density at radius 3 is 2.33 bits per heavy atom. The normalized spacial score (nSPS) is 23.9. The van der Waals surface area contributed by atoms with E-state index in [0.29, 0.717) is 35.1 Å². The molecule has 4 nitrogen and oxygen atoms in total. The van der Waals surface area contributed by atoms with E-state index >= 15 is 0 Å². The van der Waals surface area contributed by atoms with Crippen LogP contribution < -0.4 is 9.47 Å². The first-order chi connectivity index (χ1) is 13.2. The lowest BCUT2D eigenvalue weighted by atomic mass is 9.85. The van der Waals surface area contributed by atoms with E-state index in [4.69, 9.17) is 9.47 Å². The number of fused-ring (bicyclic) bond motifs is 2. The summed E-state index contributed by atoms with van der Waals surface area (Å²) in [4.78, 5) is 15.4. The van der Waals surface area contributed by atoms with Crippen LogP contribution in [0.15, 0.2) is 48.5 Å². The predicted molar refractivity (Wildman–Crippen MR) is 105 cm³/mol. The van der Waals surface area contributed by atoms with Crippen LogP contribution >= 0.6 is 0 Å². The molecule has 2 aliphatic heterocycles. The maximum Gasteiger partial charge on any atom is 0.258 e. The molecule has 0 spiro atoms. The number of ether oxygens (including phenoxy) is 2. The van der Waals surface area contributed by atoms with Gasteiger partial charge in [-0.2, -0.15) is 0 Å². The van der Waals surface area contributed by atoms with Gasteiger partial charge in [0.25, 0.3) is 5.91 Å². The summed E-state index contributed by atoms with van der Waals surface area (Å²) in [5.41, 5.74) is 2.04. The lowest BCUT2D eigenvalue weighted by Crippen LogP contribution is -2.47. The standard InChI is InChI=1S/C23H27NO3/c1-26-20-10-11-21(22(15-20)27-2)23(25)24-18-8-9-19(24)14-17(13-18)12-16-6-4-3-5-7-16/h3-7,10-11,15,17-19H,8-9,12-14H2,1-2H3. The van der Waals surface area contributed by atoms with Gasteiger partial charge >= 0.3 is 0 Å². The highest BCUT2D eigenvalue weighted by Gasteiger charge is 2.43. The summed E-state index contributed by atoms with van der Waals surface area (Å²) in [6.07, 6.45) is 5.52. The molecule has 2 atom stereocenters. The molecule has 2 heterocycles.